The number of thioether (sulfide) groups is 1. The maximum atomic E-state index is 5.82. The van der Waals surface area contributed by atoms with Gasteiger partial charge < -0.3 is 9.47 Å². The van der Waals surface area contributed by atoms with Crippen LogP contribution in [0, 0.1) is 6.92 Å². The van der Waals surface area contributed by atoms with Gasteiger partial charge in [0, 0.05) is 0 Å². The van der Waals surface area contributed by atoms with Crippen molar-refractivity contribution in [3.63, 3.8) is 0 Å². The van der Waals surface area contributed by atoms with Crippen LogP contribution in [0.2, 0.25) is 0 Å². The molecule has 0 aliphatic rings. The van der Waals surface area contributed by atoms with Gasteiger partial charge in [-0.25, -0.2) is 0 Å². The zero-order valence-corrected chi connectivity index (χ0v) is 12.1. The van der Waals surface area contributed by atoms with E-state index >= 15 is 0 Å². The minimum atomic E-state index is 0.590. The minimum Gasteiger partial charge on any atom is -0.489 e. The predicted octanol–water partition coefficient (Wildman–Crippen LogP) is 4.27. The highest BCUT2D eigenvalue weighted by Crippen LogP contribution is 2.24. The molecule has 0 amide bonds. The number of ether oxygens (including phenoxy) is 2. The first-order chi connectivity index (χ1) is 9.29. The van der Waals surface area contributed by atoms with Gasteiger partial charge in [-0.15, -0.1) is 11.8 Å². The van der Waals surface area contributed by atoms with Crippen LogP contribution in [0.3, 0.4) is 0 Å². The van der Waals surface area contributed by atoms with E-state index in [0.717, 1.165) is 17.1 Å². The monoisotopic (exact) mass is 274 g/mol. The van der Waals surface area contributed by atoms with Crippen molar-refractivity contribution in [3.8, 4) is 11.5 Å². The second-order valence-electron chi connectivity index (χ2n) is 4.25. The van der Waals surface area contributed by atoms with Crippen molar-refractivity contribution >= 4 is 11.8 Å². The Kier molecular flexibility index (Phi) is 5.16. The molecule has 0 saturated heterocycles. The molecule has 0 unspecified atom stereocenters. The van der Waals surface area contributed by atoms with Crippen molar-refractivity contribution in [2.24, 2.45) is 0 Å². The summed E-state index contributed by atoms with van der Waals surface area (Å²) in [6, 6.07) is 16.1. The zero-order valence-electron chi connectivity index (χ0n) is 11.3. The number of hydrogen-bond donors (Lipinski definition) is 0. The predicted molar refractivity (Wildman–Crippen MR) is 81.0 cm³/mol. The molecule has 2 aromatic rings. The van der Waals surface area contributed by atoms with E-state index in [9.17, 15) is 0 Å². The fourth-order valence-electron chi connectivity index (χ4n) is 1.74. The van der Waals surface area contributed by atoms with E-state index in [4.69, 9.17) is 9.47 Å². The molecule has 0 heterocycles. The van der Waals surface area contributed by atoms with E-state index in [0.29, 0.717) is 12.5 Å². The van der Waals surface area contributed by atoms with Gasteiger partial charge in [0.25, 0.3) is 0 Å². The van der Waals surface area contributed by atoms with Gasteiger partial charge in [-0.2, -0.15) is 0 Å². The van der Waals surface area contributed by atoms with Crippen LogP contribution in [0.25, 0.3) is 0 Å². The van der Waals surface area contributed by atoms with Crippen LogP contribution in [0.1, 0.15) is 11.1 Å². The molecule has 0 bridgehead atoms. The second-order valence-corrected chi connectivity index (χ2v) is 5.07. The fourth-order valence-corrected chi connectivity index (χ4v) is 1.99. The number of benzene rings is 2. The van der Waals surface area contributed by atoms with Crippen LogP contribution in [0.5, 0.6) is 11.5 Å². The molecular weight excluding hydrogens is 256 g/mol. The van der Waals surface area contributed by atoms with E-state index in [2.05, 4.69) is 12.1 Å². The molecule has 3 heteroatoms. The first kappa shape index (κ1) is 13.8. The van der Waals surface area contributed by atoms with Crippen LogP contribution in [-0.4, -0.2) is 12.2 Å². The number of hydrogen-bond acceptors (Lipinski definition) is 3. The molecule has 0 aliphatic heterocycles. The maximum Gasteiger partial charge on any atom is 0.133 e. The summed E-state index contributed by atoms with van der Waals surface area (Å²) in [6.45, 7) is 2.62. The van der Waals surface area contributed by atoms with E-state index in [1.54, 1.807) is 11.8 Å². The lowest BCUT2D eigenvalue weighted by Gasteiger charge is -2.11. The molecule has 0 atom stereocenters. The summed E-state index contributed by atoms with van der Waals surface area (Å²) in [5.41, 5.74) is 2.26. The third-order valence-corrected chi connectivity index (χ3v) is 3.08. The lowest BCUT2D eigenvalue weighted by atomic mass is 10.2. The Morgan fingerprint density at radius 2 is 1.79 bits per heavy atom. The highest BCUT2D eigenvalue weighted by Gasteiger charge is 2.02. The molecule has 2 nitrogen and oxygen atoms in total. The van der Waals surface area contributed by atoms with E-state index in [-0.39, 0.29) is 0 Å². The third kappa shape index (κ3) is 4.21. The molecule has 0 aliphatic carbocycles. The van der Waals surface area contributed by atoms with E-state index in [1.165, 1.54) is 5.56 Å². The summed E-state index contributed by atoms with van der Waals surface area (Å²) in [7, 11) is 0. The lowest BCUT2D eigenvalue weighted by Crippen LogP contribution is -1.98. The van der Waals surface area contributed by atoms with Crippen molar-refractivity contribution in [2.45, 2.75) is 13.5 Å². The van der Waals surface area contributed by atoms with Gasteiger partial charge >= 0.3 is 0 Å². The second kappa shape index (κ2) is 7.10. The molecule has 0 radical (unpaired) electrons. The summed E-state index contributed by atoms with van der Waals surface area (Å²) in [5, 5.41) is 0. The standard InChI is InChI=1S/C16H18O2S/c1-13-10-15(18-12-19-2)8-9-16(13)17-11-14-6-4-3-5-7-14/h3-10H,11-12H2,1-2H3. The van der Waals surface area contributed by atoms with Gasteiger partial charge in [0.2, 0.25) is 0 Å². The topological polar surface area (TPSA) is 18.5 Å². The van der Waals surface area contributed by atoms with Gasteiger partial charge in [0.1, 0.15) is 24.0 Å². The van der Waals surface area contributed by atoms with Gasteiger partial charge in [-0.05, 0) is 42.5 Å². The molecule has 100 valence electrons. The smallest absolute Gasteiger partial charge is 0.133 e. The normalized spacial score (nSPS) is 10.2. The molecule has 19 heavy (non-hydrogen) atoms. The van der Waals surface area contributed by atoms with Crippen molar-refractivity contribution < 1.29 is 9.47 Å². The number of rotatable bonds is 6. The Bertz CT molecular complexity index is 511. The first-order valence-electron chi connectivity index (χ1n) is 6.18. The highest BCUT2D eigenvalue weighted by molar-refractivity contribution is 7.98. The van der Waals surface area contributed by atoms with E-state index < -0.39 is 0 Å². The summed E-state index contributed by atoms with van der Waals surface area (Å²) in [4.78, 5) is 0. The maximum absolute atomic E-state index is 5.82. The van der Waals surface area contributed by atoms with Gasteiger partial charge in [0.05, 0.1) is 0 Å². The van der Waals surface area contributed by atoms with Crippen LogP contribution in [0.4, 0.5) is 0 Å². The number of aryl methyl sites for hydroxylation is 1. The van der Waals surface area contributed by atoms with Crippen LogP contribution in [-0.2, 0) is 6.61 Å². The molecule has 0 N–H and O–H groups in total. The molecule has 2 aromatic carbocycles. The third-order valence-electron chi connectivity index (χ3n) is 2.73. The Labute approximate surface area is 118 Å². The Hall–Kier alpha value is -1.61. The molecular formula is C16H18O2S. The molecule has 2 rings (SSSR count). The van der Waals surface area contributed by atoms with E-state index in [1.807, 2.05) is 49.6 Å². The molecule has 0 spiro atoms. The quantitative estimate of drug-likeness (QED) is 0.733. The first-order valence-corrected chi connectivity index (χ1v) is 7.58. The highest BCUT2D eigenvalue weighted by atomic mass is 32.2. The van der Waals surface area contributed by atoms with Crippen molar-refractivity contribution in [1.29, 1.82) is 0 Å². The SMILES string of the molecule is CSCOc1ccc(OCc2ccccc2)c(C)c1. The van der Waals surface area contributed by atoms with Crippen molar-refractivity contribution in [2.75, 3.05) is 12.2 Å². The lowest BCUT2D eigenvalue weighted by molar-refractivity contribution is 0.303. The van der Waals surface area contributed by atoms with Crippen molar-refractivity contribution in [3.05, 3.63) is 59.7 Å². The van der Waals surface area contributed by atoms with Gasteiger partial charge in [-0.1, -0.05) is 30.3 Å². The summed E-state index contributed by atoms with van der Waals surface area (Å²) < 4.78 is 11.4. The Morgan fingerprint density at radius 3 is 2.47 bits per heavy atom. The Balaban J connectivity index is 1.97. The van der Waals surface area contributed by atoms with Crippen LogP contribution in [0.15, 0.2) is 48.5 Å². The molecule has 0 saturated carbocycles. The van der Waals surface area contributed by atoms with Crippen LogP contribution < -0.4 is 9.47 Å². The Morgan fingerprint density at radius 1 is 1.00 bits per heavy atom. The van der Waals surface area contributed by atoms with Gasteiger partial charge in [0.15, 0.2) is 0 Å². The average molecular weight is 274 g/mol. The minimum absolute atomic E-state index is 0.590. The van der Waals surface area contributed by atoms with Crippen LogP contribution >= 0.6 is 11.8 Å². The fraction of sp³-hybridized carbons (Fsp3) is 0.250. The average Bonchev–Trinajstić information content (AvgIpc) is 2.45. The summed E-state index contributed by atoms with van der Waals surface area (Å²) >= 11 is 1.66. The molecule has 0 aromatic heterocycles. The molecule has 0 fully saturated rings. The summed E-state index contributed by atoms with van der Waals surface area (Å²) in [6.07, 6.45) is 2.02. The largest absolute Gasteiger partial charge is 0.489 e. The van der Waals surface area contributed by atoms with Crippen molar-refractivity contribution in [1.82, 2.24) is 0 Å². The zero-order chi connectivity index (χ0) is 13.5. The summed E-state index contributed by atoms with van der Waals surface area (Å²) in [5.74, 6) is 2.46. The van der Waals surface area contributed by atoms with Gasteiger partial charge in [-0.3, -0.25) is 0 Å².